The number of nitrogens with zero attached hydrogens (tertiary/aromatic N) is 2. The first-order valence-corrected chi connectivity index (χ1v) is 9.30. The van der Waals surface area contributed by atoms with Crippen molar-refractivity contribution in [2.75, 3.05) is 13.1 Å². The Kier molecular flexibility index (Phi) is 6.71. The molecule has 0 aromatic heterocycles. The van der Waals surface area contributed by atoms with E-state index in [0.29, 0.717) is 17.2 Å². The van der Waals surface area contributed by atoms with Crippen molar-refractivity contribution in [3.63, 3.8) is 0 Å². The van der Waals surface area contributed by atoms with Crippen molar-refractivity contribution in [2.24, 2.45) is 5.92 Å². The second kappa shape index (κ2) is 8.79. The van der Waals surface area contributed by atoms with Crippen molar-refractivity contribution in [3.05, 3.63) is 35.4 Å². The molecule has 1 aromatic carbocycles. The van der Waals surface area contributed by atoms with Crippen LogP contribution in [0, 0.1) is 5.92 Å². The lowest BCUT2D eigenvalue weighted by Gasteiger charge is -2.18. The number of hydrogen-bond donors (Lipinski definition) is 1. The van der Waals surface area contributed by atoms with E-state index in [0.717, 1.165) is 16.9 Å². The SMILES string of the molecule is CCCN1C(=O)C(=O)N(CC(=O)N[C@@H](C)c2ccc(CC(C)C)cc2)C1=O. The van der Waals surface area contributed by atoms with Gasteiger partial charge >= 0.3 is 17.8 Å². The van der Waals surface area contributed by atoms with Crippen LogP contribution < -0.4 is 5.32 Å². The van der Waals surface area contributed by atoms with Gasteiger partial charge in [0.05, 0.1) is 6.04 Å². The standard InChI is InChI=1S/C20H27N3O4/c1-5-10-22-18(25)19(26)23(20(22)27)12-17(24)21-14(4)16-8-6-15(7-9-16)11-13(2)3/h6-9,13-14H,5,10-12H2,1-4H3,(H,21,24)/t14-/m0/s1. The third-order valence-corrected chi connectivity index (χ3v) is 4.39. The van der Waals surface area contributed by atoms with Crippen molar-refractivity contribution in [1.29, 1.82) is 0 Å². The Morgan fingerprint density at radius 3 is 2.15 bits per heavy atom. The zero-order chi connectivity index (χ0) is 20.1. The molecule has 0 unspecified atom stereocenters. The summed E-state index contributed by atoms with van der Waals surface area (Å²) in [4.78, 5) is 49.8. The number of hydrogen-bond acceptors (Lipinski definition) is 4. The molecule has 27 heavy (non-hydrogen) atoms. The van der Waals surface area contributed by atoms with Crippen molar-refractivity contribution < 1.29 is 19.2 Å². The van der Waals surface area contributed by atoms with Gasteiger partial charge in [-0.2, -0.15) is 0 Å². The van der Waals surface area contributed by atoms with Crippen LogP contribution in [-0.4, -0.2) is 46.6 Å². The number of rotatable bonds is 8. The molecule has 0 spiro atoms. The van der Waals surface area contributed by atoms with Gasteiger partial charge in [0.2, 0.25) is 5.91 Å². The molecular weight excluding hydrogens is 346 g/mol. The Bertz CT molecular complexity index is 727. The number of carbonyl (C=O) groups is 4. The van der Waals surface area contributed by atoms with E-state index < -0.39 is 30.3 Å². The van der Waals surface area contributed by atoms with Gasteiger partial charge in [-0.15, -0.1) is 0 Å². The van der Waals surface area contributed by atoms with Crippen LogP contribution >= 0.6 is 0 Å². The van der Waals surface area contributed by atoms with Crippen LogP contribution in [0.1, 0.15) is 51.3 Å². The van der Waals surface area contributed by atoms with Gasteiger partial charge in [-0.1, -0.05) is 45.0 Å². The third kappa shape index (κ3) is 4.93. The van der Waals surface area contributed by atoms with Crippen molar-refractivity contribution in [2.45, 2.75) is 46.6 Å². The summed E-state index contributed by atoms with van der Waals surface area (Å²) in [6.07, 6.45) is 1.54. The summed E-state index contributed by atoms with van der Waals surface area (Å²) in [5.74, 6) is -1.74. The van der Waals surface area contributed by atoms with Crippen LogP contribution in [0.25, 0.3) is 0 Å². The fourth-order valence-electron chi connectivity index (χ4n) is 3.04. The molecule has 1 atom stereocenters. The maximum Gasteiger partial charge on any atom is 0.334 e. The Labute approximate surface area is 159 Å². The number of amides is 5. The number of nitrogens with one attached hydrogen (secondary N) is 1. The van der Waals surface area contributed by atoms with Gasteiger partial charge in [0.25, 0.3) is 0 Å². The molecule has 0 saturated carbocycles. The van der Waals surface area contributed by atoms with E-state index in [-0.39, 0.29) is 12.6 Å². The second-order valence-corrected chi connectivity index (χ2v) is 7.26. The molecular formula is C20H27N3O4. The van der Waals surface area contributed by atoms with Crippen LogP contribution in [0.3, 0.4) is 0 Å². The Morgan fingerprint density at radius 2 is 1.59 bits per heavy atom. The van der Waals surface area contributed by atoms with E-state index in [1.54, 1.807) is 6.92 Å². The molecule has 0 bridgehead atoms. The Balaban J connectivity index is 1.96. The van der Waals surface area contributed by atoms with E-state index in [4.69, 9.17) is 0 Å². The minimum atomic E-state index is -0.950. The molecule has 1 aliphatic heterocycles. The molecule has 0 aliphatic carbocycles. The van der Waals surface area contributed by atoms with Gasteiger partial charge in [0.15, 0.2) is 0 Å². The highest BCUT2D eigenvalue weighted by Crippen LogP contribution is 2.16. The van der Waals surface area contributed by atoms with Crippen molar-refractivity contribution in [1.82, 2.24) is 15.1 Å². The highest BCUT2D eigenvalue weighted by Gasteiger charge is 2.44. The van der Waals surface area contributed by atoms with Crippen molar-refractivity contribution in [3.8, 4) is 0 Å². The molecule has 146 valence electrons. The molecule has 1 fully saturated rings. The second-order valence-electron chi connectivity index (χ2n) is 7.26. The molecule has 1 aromatic rings. The first kappa shape index (κ1) is 20.6. The summed E-state index contributed by atoms with van der Waals surface area (Å²) in [6.45, 7) is 7.65. The van der Waals surface area contributed by atoms with Gasteiger partial charge < -0.3 is 5.32 Å². The normalized spacial score (nSPS) is 15.7. The average molecular weight is 373 g/mol. The maximum absolute atomic E-state index is 12.3. The zero-order valence-electron chi connectivity index (χ0n) is 16.3. The zero-order valence-corrected chi connectivity index (χ0v) is 16.3. The van der Waals surface area contributed by atoms with Gasteiger partial charge in [-0.3, -0.25) is 19.3 Å². The first-order chi connectivity index (χ1) is 12.7. The topological polar surface area (TPSA) is 86.8 Å². The van der Waals surface area contributed by atoms with E-state index in [1.165, 1.54) is 5.56 Å². The van der Waals surface area contributed by atoms with Gasteiger partial charge in [0.1, 0.15) is 6.54 Å². The number of urea groups is 1. The number of carbonyl (C=O) groups excluding carboxylic acids is 4. The molecule has 1 heterocycles. The van der Waals surface area contributed by atoms with E-state index in [9.17, 15) is 19.2 Å². The Morgan fingerprint density at radius 1 is 1.00 bits per heavy atom. The molecule has 2 rings (SSSR count). The fraction of sp³-hybridized carbons (Fsp3) is 0.500. The van der Waals surface area contributed by atoms with Gasteiger partial charge in [-0.25, -0.2) is 9.69 Å². The predicted molar refractivity (Wildman–Crippen MR) is 101 cm³/mol. The van der Waals surface area contributed by atoms with E-state index >= 15 is 0 Å². The summed E-state index contributed by atoms with van der Waals surface area (Å²) >= 11 is 0. The lowest BCUT2D eigenvalue weighted by Crippen LogP contribution is -2.42. The summed E-state index contributed by atoms with van der Waals surface area (Å²) in [6, 6.07) is 6.98. The molecule has 1 N–H and O–H groups in total. The van der Waals surface area contributed by atoms with Crippen LogP contribution in [0.5, 0.6) is 0 Å². The first-order valence-electron chi connectivity index (χ1n) is 9.30. The highest BCUT2D eigenvalue weighted by molar-refractivity contribution is 6.45. The molecule has 7 nitrogen and oxygen atoms in total. The lowest BCUT2D eigenvalue weighted by molar-refractivity contribution is -0.144. The summed E-state index contributed by atoms with van der Waals surface area (Å²) < 4.78 is 0. The maximum atomic E-state index is 12.3. The largest absolute Gasteiger partial charge is 0.348 e. The number of imide groups is 2. The fourth-order valence-corrected chi connectivity index (χ4v) is 3.04. The highest BCUT2D eigenvalue weighted by atomic mass is 16.2. The molecule has 0 radical (unpaired) electrons. The monoisotopic (exact) mass is 373 g/mol. The lowest BCUT2D eigenvalue weighted by atomic mass is 10.00. The number of benzene rings is 1. The quantitative estimate of drug-likeness (QED) is 0.559. The van der Waals surface area contributed by atoms with E-state index in [2.05, 4.69) is 19.2 Å². The molecule has 1 saturated heterocycles. The van der Waals surface area contributed by atoms with Crippen molar-refractivity contribution >= 4 is 23.8 Å². The van der Waals surface area contributed by atoms with Gasteiger partial charge in [-0.05, 0) is 36.8 Å². The minimum Gasteiger partial charge on any atom is -0.348 e. The van der Waals surface area contributed by atoms with Gasteiger partial charge in [0, 0.05) is 6.54 Å². The summed E-state index contributed by atoms with van der Waals surface area (Å²) in [5.41, 5.74) is 2.16. The van der Waals surface area contributed by atoms with Crippen LogP contribution in [0.15, 0.2) is 24.3 Å². The molecule has 7 heteroatoms. The average Bonchev–Trinajstić information content (AvgIpc) is 2.80. The molecule has 1 aliphatic rings. The van der Waals surface area contributed by atoms with Crippen LogP contribution in [-0.2, 0) is 20.8 Å². The van der Waals surface area contributed by atoms with E-state index in [1.807, 2.05) is 31.2 Å². The van der Waals surface area contributed by atoms with Crippen LogP contribution in [0.4, 0.5) is 4.79 Å². The molecule has 5 amide bonds. The summed E-state index contributed by atoms with van der Waals surface area (Å²) in [5, 5.41) is 2.77. The Hall–Kier alpha value is -2.70. The smallest absolute Gasteiger partial charge is 0.334 e. The third-order valence-electron chi connectivity index (χ3n) is 4.39. The summed E-state index contributed by atoms with van der Waals surface area (Å²) in [7, 11) is 0. The minimum absolute atomic E-state index is 0.167. The van der Waals surface area contributed by atoms with Crippen LogP contribution in [0.2, 0.25) is 0 Å². The predicted octanol–water partition coefficient (Wildman–Crippen LogP) is 2.26.